The summed E-state index contributed by atoms with van der Waals surface area (Å²) in [5.74, 6) is -5.46. The minimum absolute atomic E-state index is 0.107. The first kappa shape index (κ1) is 26.9. The fourth-order valence-corrected chi connectivity index (χ4v) is 2.94. The Bertz CT molecular complexity index is 1010. The van der Waals surface area contributed by atoms with Crippen LogP contribution in [0.1, 0.15) is 17.8 Å². The van der Waals surface area contributed by atoms with Gasteiger partial charge in [-0.25, -0.2) is 14.8 Å². The molecular formula is C19H26N8O8. The van der Waals surface area contributed by atoms with Crippen molar-refractivity contribution < 1.29 is 39.3 Å². The second-order valence-electron chi connectivity index (χ2n) is 7.47. The lowest BCUT2D eigenvalue weighted by Crippen LogP contribution is -2.58. The highest BCUT2D eigenvalue weighted by atomic mass is 16.4. The number of hydrogen-bond acceptors (Lipinski definition) is 9. The highest BCUT2D eigenvalue weighted by molar-refractivity contribution is 5.95. The van der Waals surface area contributed by atoms with E-state index in [0.717, 1.165) is 0 Å². The van der Waals surface area contributed by atoms with E-state index in [0.29, 0.717) is 11.4 Å². The van der Waals surface area contributed by atoms with E-state index in [1.807, 2.05) is 0 Å². The van der Waals surface area contributed by atoms with Crippen LogP contribution in [-0.4, -0.2) is 95.7 Å². The maximum absolute atomic E-state index is 13.1. The van der Waals surface area contributed by atoms with Gasteiger partial charge < -0.3 is 47.0 Å². The monoisotopic (exact) mass is 494 g/mol. The van der Waals surface area contributed by atoms with Gasteiger partial charge >= 0.3 is 11.9 Å². The average Bonchev–Trinajstić information content (AvgIpc) is 3.49. The third kappa shape index (κ3) is 8.52. The van der Waals surface area contributed by atoms with Gasteiger partial charge in [0.25, 0.3) is 0 Å². The van der Waals surface area contributed by atoms with Crippen molar-refractivity contribution in [2.45, 2.75) is 43.4 Å². The Labute approximate surface area is 197 Å². The quantitative estimate of drug-likeness (QED) is 0.123. The molecule has 0 saturated carbocycles. The Morgan fingerprint density at radius 2 is 1.29 bits per heavy atom. The molecule has 0 spiro atoms. The minimum Gasteiger partial charge on any atom is -0.481 e. The summed E-state index contributed by atoms with van der Waals surface area (Å²) in [6.45, 7) is -0.883. The smallest absolute Gasteiger partial charge is 0.328 e. The summed E-state index contributed by atoms with van der Waals surface area (Å²) >= 11 is 0. The molecule has 2 aromatic heterocycles. The fourth-order valence-electron chi connectivity index (χ4n) is 2.94. The molecule has 0 bridgehead atoms. The van der Waals surface area contributed by atoms with Crippen molar-refractivity contribution in [2.24, 2.45) is 5.73 Å². The minimum atomic E-state index is -1.61. The van der Waals surface area contributed by atoms with Gasteiger partial charge in [0, 0.05) is 36.6 Å². The predicted molar refractivity (Wildman–Crippen MR) is 115 cm³/mol. The van der Waals surface area contributed by atoms with E-state index >= 15 is 0 Å². The first-order chi connectivity index (χ1) is 16.6. The summed E-state index contributed by atoms with van der Waals surface area (Å²) in [6, 6.07) is -5.68. The second-order valence-corrected chi connectivity index (χ2v) is 7.47. The van der Waals surface area contributed by atoms with Gasteiger partial charge in [0.1, 0.15) is 18.1 Å². The van der Waals surface area contributed by atoms with E-state index in [-0.39, 0.29) is 12.8 Å². The van der Waals surface area contributed by atoms with E-state index < -0.39 is 66.9 Å². The van der Waals surface area contributed by atoms with Crippen molar-refractivity contribution in [3.05, 3.63) is 36.4 Å². The fraction of sp³-hybridized carbons (Fsp3) is 0.421. The topological polar surface area (TPSA) is 266 Å². The van der Waals surface area contributed by atoms with Gasteiger partial charge in [-0.2, -0.15) is 0 Å². The summed E-state index contributed by atoms with van der Waals surface area (Å²) in [5.41, 5.74) is 6.45. The molecule has 16 heteroatoms. The number of nitrogens with one attached hydrogen (secondary N) is 5. The van der Waals surface area contributed by atoms with Gasteiger partial charge in [0.05, 0.1) is 31.7 Å². The third-order valence-electron chi connectivity index (χ3n) is 4.75. The molecule has 0 aliphatic rings. The van der Waals surface area contributed by atoms with Gasteiger partial charge in [-0.3, -0.25) is 19.2 Å². The van der Waals surface area contributed by atoms with Crippen LogP contribution in [0.25, 0.3) is 0 Å². The van der Waals surface area contributed by atoms with Crippen molar-refractivity contribution in [1.82, 2.24) is 35.9 Å². The van der Waals surface area contributed by atoms with Gasteiger partial charge in [0.15, 0.2) is 0 Å². The highest BCUT2D eigenvalue weighted by Crippen LogP contribution is 2.04. The van der Waals surface area contributed by atoms with Crippen LogP contribution >= 0.6 is 0 Å². The van der Waals surface area contributed by atoms with Crippen molar-refractivity contribution in [3.8, 4) is 0 Å². The van der Waals surface area contributed by atoms with Crippen molar-refractivity contribution in [3.63, 3.8) is 0 Å². The number of carboxylic acids is 2. The lowest BCUT2D eigenvalue weighted by molar-refractivity contribution is -0.143. The number of aliphatic carboxylic acids is 2. The van der Waals surface area contributed by atoms with Crippen LogP contribution in [0, 0.1) is 0 Å². The molecule has 0 aromatic carbocycles. The molecule has 4 unspecified atom stereocenters. The van der Waals surface area contributed by atoms with Crippen LogP contribution < -0.4 is 21.7 Å². The SMILES string of the molecule is NC(CC(=O)O)C(=O)NC(Cc1cnc[nH]1)C(=O)NC(Cc1cnc[nH]1)C(=O)NC(CO)C(=O)O. The lowest BCUT2D eigenvalue weighted by atomic mass is 10.1. The molecule has 3 amide bonds. The zero-order valence-corrected chi connectivity index (χ0v) is 18.3. The Morgan fingerprint density at radius 3 is 1.66 bits per heavy atom. The molecule has 4 atom stereocenters. The Balaban J connectivity index is 2.22. The molecule has 16 nitrogen and oxygen atoms in total. The van der Waals surface area contributed by atoms with Crippen LogP contribution in [0.2, 0.25) is 0 Å². The van der Waals surface area contributed by atoms with Crippen LogP contribution in [0.5, 0.6) is 0 Å². The average molecular weight is 494 g/mol. The number of carbonyl (C=O) groups is 5. The summed E-state index contributed by atoms with van der Waals surface area (Å²) in [7, 11) is 0. The number of aromatic amines is 2. The standard InChI is InChI=1S/C19H26N8O8/c20-11(3-15(29)30)16(31)25-12(1-9-4-21-7-23-9)17(32)26-13(2-10-5-22-8-24-10)18(33)27-14(6-28)19(34)35/h4-5,7-8,11-14,28H,1-3,6,20H2,(H,21,23)(H,22,24)(H,25,31)(H,26,32)(H,27,33)(H,29,30)(H,34,35). The maximum Gasteiger partial charge on any atom is 0.328 e. The van der Waals surface area contributed by atoms with Crippen LogP contribution in [0.4, 0.5) is 0 Å². The molecule has 2 aromatic rings. The molecule has 0 fully saturated rings. The first-order valence-electron chi connectivity index (χ1n) is 10.3. The van der Waals surface area contributed by atoms with Crippen molar-refractivity contribution >= 4 is 29.7 Å². The largest absolute Gasteiger partial charge is 0.481 e. The number of imidazole rings is 2. The number of nitrogens with zero attached hydrogens (tertiary/aromatic N) is 2. The molecule has 0 aliphatic heterocycles. The predicted octanol–water partition coefficient (Wildman–Crippen LogP) is -3.75. The van der Waals surface area contributed by atoms with E-state index in [4.69, 9.17) is 15.9 Å². The van der Waals surface area contributed by atoms with Crippen LogP contribution in [0.3, 0.4) is 0 Å². The molecule has 0 aliphatic carbocycles. The van der Waals surface area contributed by atoms with E-state index in [2.05, 4.69) is 35.9 Å². The number of carboxylic acid groups (broad SMARTS) is 2. The second kappa shape index (κ2) is 12.8. The summed E-state index contributed by atoms with van der Waals surface area (Å²) < 4.78 is 0. The number of rotatable bonds is 14. The lowest BCUT2D eigenvalue weighted by Gasteiger charge is -2.24. The summed E-state index contributed by atoms with van der Waals surface area (Å²) in [6.07, 6.45) is 4.57. The zero-order chi connectivity index (χ0) is 26.0. The first-order valence-corrected chi connectivity index (χ1v) is 10.3. The molecular weight excluding hydrogens is 468 g/mol. The van der Waals surface area contributed by atoms with E-state index in [1.54, 1.807) is 0 Å². The third-order valence-corrected chi connectivity index (χ3v) is 4.75. The van der Waals surface area contributed by atoms with Gasteiger partial charge in [-0.05, 0) is 0 Å². The summed E-state index contributed by atoms with van der Waals surface area (Å²) in [5, 5.41) is 34.1. The molecule has 35 heavy (non-hydrogen) atoms. The Kier molecular flexibility index (Phi) is 9.85. The molecule has 0 saturated heterocycles. The number of aromatic nitrogens is 4. The van der Waals surface area contributed by atoms with Gasteiger partial charge in [-0.1, -0.05) is 0 Å². The maximum atomic E-state index is 13.1. The molecule has 2 heterocycles. The number of nitrogens with two attached hydrogens (primary N) is 1. The molecule has 190 valence electrons. The number of carbonyl (C=O) groups excluding carboxylic acids is 3. The Hall–Kier alpha value is -4.31. The number of amides is 3. The van der Waals surface area contributed by atoms with Gasteiger partial charge in [0.2, 0.25) is 17.7 Å². The number of aliphatic hydroxyl groups excluding tert-OH is 1. The highest BCUT2D eigenvalue weighted by Gasteiger charge is 2.31. The Morgan fingerprint density at radius 1 is 0.829 bits per heavy atom. The number of hydrogen-bond donors (Lipinski definition) is 9. The van der Waals surface area contributed by atoms with Crippen molar-refractivity contribution in [2.75, 3.05) is 6.61 Å². The number of H-pyrrole nitrogens is 2. The number of aliphatic hydroxyl groups is 1. The van der Waals surface area contributed by atoms with Gasteiger partial charge in [-0.15, -0.1) is 0 Å². The molecule has 10 N–H and O–H groups in total. The van der Waals surface area contributed by atoms with E-state index in [9.17, 15) is 29.1 Å². The normalized spacial score (nSPS) is 14.2. The van der Waals surface area contributed by atoms with E-state index in [1.165, 1.54) is 25.0 Å². The zero-order valence-electron chi connectivity index (χ0n) is 18.3. The molecule has 2 rings (SSSR count). The summed E-state index contributed by atoms with van der Waals surface area (Å²) in [4.78, 5) is 73.4. The van der Waals surface area contributed by atoms with Crippen LogP contribution in [-0.2, 0) is 36.8 Å². The van der Waals surface area contributed by atoms with Crippen LogP contribution in [0.15, 0.2) is 25.0 Å². The van der Waals surface area contributed by atoms with Crippen molar-refractivity contribution in [1.29, 1.82) is 0 Å². The molecule has 0 radical (unpaired) electrons.